The molecule has 2 aromatic carbocycles. The lowest BCUT2D eigenvalue weighted by Gasteiger charge is -2.14. The van der Waals surface area contributed by atoms with Crippen molar-refractivity contribution in [2.75, 3.05) is 6.79 Å². The first-order valence-corrected chi connectivity index (χ1v) is 7.89. The molecule has 0 aromatic heterocycles. The van der Waals surface area contributed by atoms with E-state index in [-0.39, 0.29) is 29.8 Å². The molecule has 1 aliphatic heterocycles. The minimum Gasteiger partial charge on any atom is -0.454 e. The van der Waals surface area contributed by atoms with Gasteiger partial charge in [0, 0.05) is 10.5 Å². The quantitative estimate of drug-likeness (QED) is 0.634. The number of rotatable bonds is 4. The second-order valence-electron chi connectivity index (χ2n) is 5.23. The molecule has 0 saturated heterocycles. The van der Waals surface area contributed by atoms with Gasteiger partial charge in [-0.25, -0.2) is 0 Å². The Morgan fingerprint density at radius 3 is 2.50 bits per heavy atom. The number of nitro groups is 1. The van der Waals surface area contributed by atoms with Crippen LogP contribution in [0.1, 0.15) is 28.9 Å². The molecule has 8 heteroatoms. The van der Waals surface area contributed by atoms with Gasteiger partial charge in [-0.05, 0) is 24.6 Å². The van der Waals surface area contributed by atoms with E-state index in [9.17, 15) is 14.9 Å². The Labute approximate surface area is 145 Å². The van der Waals surface area contributed by atoms with Crippen LogP contribution >= 0.6 is 15.9 Å². The fraction of sp³-hybridized carbons (Fsp3) is 0.188. The normalized spacial score (nSPS) is 13.4. The molecule has 24 heavy (non-hydrogen) atoms. The molecule has 3 rings (SSSR count). The van der Waals surface area contributed by atoms with Crippen LogP contribution in [0.15, 0.2) is 40.9 Å². The first-order valence-electron chi connectivity index (χ1n) is 7.10. The summed E-state index contributed by atoms with van der Waals surface area (Å²) in [6.07, 6.45) is 0. The highest BCUT2D eigenvalue weighted by molar-refractivity contribution is 9.10. The molecule has 1 amide bonds. The second-order valence-corrected chi connectivity index (χ2v) is 6.14. The van der Waals surface area contributed by atoms with Crippen LogP contribution in [0.25, 0.3) is 0 Å². The minimum absolute atomic E-state index is 0.0210. The predicted octanol–water partition coefficient (Wildman–Crippen LogP) is 3.58. The molecule has 0 bridgehead atoms. The highest BCUT2D eigenvalue weighted by Gasteiger charge is 2.27. The Bertz CT molecular complexity index is 807. The average molecular weight is 393 g/mol. The molecule has 1 heterocycles. The van der Waals surface area contributed by atoms with Crippen molar-refractivity contribution in [2.24, 2.45) is 0 Å². The van der Waals surface area contributed by atoms with Gasteiger partial charge >= 0.3 is 0 Å². The molecule has 0 fully saturated rings. The van der Waals surface area contributed by atoms with Crippen LogP contribution in [0.2, 0.25) is 0 Å². The fourth-order valence-corrected chi connectivity index (χ4v) is 2.64. The molecule has 0 aliphatic carbocycles. The summed E-state index contributed by atoms with van der Waals surface area (Å²) in [5, 5.41) is 14.0. The number of carbonyl (C=O) groups excluding carboxylic acids is 1. The summed E-state index contributed by atoms with van der Waals surface area (Å²) in [7, 11) is 0. The van der Waals surface area contributed by atoms with E-state index in [0.717, 1.165) is 10.0 Å². The van der Waals surface area contributed by atoms with Gasteiger partial charge in [-0.1, -0.05) is 28.1 Å². The van der Waals surface area contributed by atoms with Gasteiger partial charge in [0.05, 0.1) is 17.0 Å². The number of hydrogen-bond donors (Lipinski definition) is 1. The Kier molecular flexibility index (Phi) is 4.39. The van der Waals surface area contributed by atoms with Crippen molar-refractivity contribution in [2.45, 2.75) is 13.0 Å². The van der Waals surface area contributed by atoms with E-state index in [1.54, 1.807) is 6.92 Å². The minimum atomic E-state index is -0.610. The largest absolute Gasteiger partial charge is 0.454 e. The van der Waals surface area contributed by atoms with Crippen LogP contribution in [0.5, 0.6) is 11.5 Å². The Morgan fingerprint density at radius 2 is 1.88 bits per heavy atom. The first-order chi connectivity index (χ1) is 11.5. The lowest BCUT2D eigenvalue weighted by atomic mass is 10.1. The van der Waals surface area contributed by atoms with Gasteiger partial charge in [0.1, 0.15) is 5.56 Å². The molecule has 1 N–H and O–H groups in total. The number of nitrogens with zero attached hydrogens (tertiary/aromatic N) is 1. The molecular formula is C16H13BrN2O5. The van der Waals surface area contributed by atoms with Crippen molar-refractivity contribution in [1.82, 2.24) is 5.32 Å². The van der Waals surface area contributed by atoms with Crippen molar-refractivity contribution in [1.29, 1.82) is 0 Å². The monoisotopic (exact) mass is 392 g/mol. The summed E-state index contributed by atoms with van der Waals surface area (Å²) >= 11 is 3.35. The smallest absolute Gasteiger partial charge is 0.286 e. The zero-order valence-electron chi connectivity index (χ0n) is 12.6. The molecular weight excluding hydrogens is 380 g/mol. The SMILES string of the molecule is CC(NC(=O)c1cc2c(cc1[N+](=O)[O-])OCO2)c1ccc(Br)cc1. The molecule has 2 aromatic rings. The summed E-state index contributed by atoms with van der Waals surface area (Å²) in [6.45, 7) is 1.78. The highest BCUT2D eigenvalue weighted by atomic mass is 79.9. The second kappa shape index (κ2) is 6.48. The van der Waals surface area contributed by atoms with Crippen molar-refractivity contribution < 1.29 is 19.2 Å². The van der Waals surface area contributed by atoms with Gasteiger partial charge in [-0.2, -0.15) is 0 Å². The third-order valence-corrected chi connectivity index (χ3v) is 4.18. The summed E-state index contributed by atoms with van der Waals surface area (Å²) in [4.78, 5) is 23.1. The number of fused-ring (bicyclic) bond motifs is 1. The van der Waals surface area contributed by atoms with Crippen LogP contribution in [0, 0.1) is 10.1 Å². The van der Waals surface area contributed by atoms with Crippen LogP contribution in [-0.4, -0.2) is 17.6 Å². The summed E-state index contributed by atoms with van der Waals surface area (Å²) in [5.74, 6) is 0.0386. The van der Waals surface area contributed by atoms with Gasteiger partial charge < -0.3 is 14.8 Å². The molecule has 0 spiro atoms. The van der Waals surface area contributed by atoms with E-state index in [4.69, 9.17) is 9.47 Å². The summed E-state index contributed by atoms with van der Waals surface area (Å²) in [6, 6.07) is 9.69. The van der Waals surface area contributed by atoms with Gasteiger partial charge in [0.15, 0.2) is 11.5 Å². The topological polar surface area (TPSA) is 90.7 Å². The number of nitro benzene ring substituents is 1. The Hall–Kier alpha value is -2.61. The van der Waals surface area contributed by atoms with E-state index in [2.05, 4.69) is 21.2 Å². The van der Waals surface area contributed by atoms with Crippen molar-refractivity contribution >= 4 is 27.5 Å². The lowest BCUT2D eigenvalue weighted by Crippen LogP contribution is -2.27. The number of hydrogen-bond acceptors (Lipinski definition) is 5. The highest BCUT2D eigenvalue weighted by Crippen LogP contribution is 2.38. The molecule has 7 nitrogen and oxygen atoms in total. The van der Waals surface area contributed by atoms with Crippen LogP contribution in [0.3, 0.4) is 0 Å². The lowest BCUT2D eigenvalue weighted by molar-refractivity contribution is -0.385. The summed E-state index contributed by atoms with van der Waals surface area (Å²) in [5.41, 5.74) is 0.503. The molecule has 0 radical (unpaired) electrons. The number of amides is 1. The zero-order chi connectivity index (χ0) is 17.3. The Balaban J connectivity index is 1.86. The number of benzene rings is 2. The van der Waals surface area contributed by atoms with Gasteiger partial charge in [-0.3, -0.25) is 14.9 Å². The maximum atomic E-state index is 12.5. The molecule has 0 saturated carbocycles. The van der Waals surface area contributed by atoms with Crippen molar-refractivity contribution in [3.63, 3.8) is 0 Å². The van der Waals surface area contributed by atoms with Crippen LogP contribution < -0.4 is 14.8 Å². The number of ether oxygens (including phenoxy) is 2. The van der Waals surface area contributed by atoms with E-state index in [1.165, 1.54) is 12.1 Å². The van der Waals surface area contributed by atoms with Crippen LogP contribution in [0.4, 0.5) is 5.69 Å². The third kappa shape index (κ3) is 3.18. The molecule has 124 valence electrons. The maximum absolute atomic E-state index is 12.5. The number of nitrogens with one attached hydrogen (secondary N) is 1. The fourth-order valence-electron chi connectivity index (χ4n) is 2.37. The standard InChI is InChI=1S/C16H13BrN2O5/c1-9(10-2-4-11(17)5-3-10)18-16(20)12-6-14-15(24-8-23-14)7-13(12)19(21)22/h2-7,9H,8H2,1H3,(H,18,20). The predicted molar refractivity (Wildman–Crippen MR) is 89.2 cm³/mol. The number of halogens is 1. The van der Waals surface area contributed by atoms with Gasteiger partial charge in [-0.15, -0.1) is 0 Å². The zero-order valence-corrected chi connectivity index (χ0v) is 14.2. The van der Waals surface area contributed by atoms with E-state index in [0.29, 0.717) is 5.75 Å². The van der Waals surface area contributed by atoms with Crippen molar-refractivity contribution in [3.05, 3.63) is 62.1 Å². The maximum Gasteiger partial charge on any atom is 0.286 e. The van der Waals surface area contributed by atoms with E-state index < -0.39 is 10.8 Å². The average Bonchev–Trinajstić information content (AvgIpc) is 3.01. The van der Waals surface area contributed by atoms with Crippen LogP contribution in [-0.2, 0) is 0 Å². The van der Waals surface area contributed by atoms with E-state index >= 15 is 0 Å². The van der Waals surface area contributed by atoms with E-state index in [1.807, 2.05) is 24.3 Å². The van der Waals surface area contributed by atoms with Crippen molar-refractivity contribution in [3.8, 4) is 11.5 Å². The van der Waals surface area contributed by atoms with Gasteiger partial charge in [0.25, 0.3) is 11.6 Å². The summed E-state index contributed by atoms with van der Waals surface area (Å²) < 4.78 is 11.2. The first kappa shape index (κ1) is 16.3. The molecule has 1 unspecified atom stereocenters. The Morgan fingerprint density at radius 1 is 1.25 bits per heavy atom. The molecule has 1 atom stereocenters. The third-order valence-electron chi connectivity index (χ3n) is 3.65. The molecule has 1 aliphatic rings. The van der Waals surface area contributed by atoms with Gasteiger partial charge in [0.2, 0.25) is 6.79 Å². The number of carbonyl (C=O) groups is 1.